The number of carbonyl (C=O) groups excluding carboxylic acids is 3. The Balaban J connectivity index is 0.00000248. The van der Waals surface area contributed by atoms with Crippen LogP contribution in [0, 0.1) is 19.3 Å². The summed E-state index contributed by atoms with van der Waals surface area (Å²) in [7, 11) is 0. The van der Waals surface area contributed by atoms with E-state index in [2.05, 4.69) is 20.9 Å². The SMILES string of the molecule is CC.Cc1ccc(OCCCC(=O)Nc2ccc(Cl)c(NC(=O)C(C(=O)C(C)(C)C)n3nnc4ccccc43)c2)c(C)c1. The third-order valence-corrected chi connectivity index (χ3v) is 6.83. The number of halogens is 1. The highest BCUT2D eigenvalue weighted by Gasteiger charge is 2.38. The van der Waals surface area contributed by atoms with E-state index in [1.165, 1.54) is 4.68 Å². The number of fused-ring (bicyclic) bond motifs is 1. The van der Waals surface area contributed by atoms with Crippen LogP contribution in [0.1, 0.15) is 64.6 Å². The summed E-state index contributed by atoms with van der Waals surface area (Å²) in [6.07, 6.45) is 0.773. The summed E-state index contributed by atoms with van der Waals surface area (Å²) in [6.45, 7) is 13.6. The summed E-state index contributed by atoms with van der Waals surface area (Å²) in [5.41, 5.74) is 3.20. The van der Waals surface area contributed by atoms with Gasteiger partial charge in [0.1, 0.15) is 11.3 Å². The van der Waals surface area contributed by atoms with Crippen molar-refractivity contribution < 1.29 is 19.1 Å². The summed E-state index contributed by atoms with van der Waals surface area (Å²) in [5.74, 6) is -0.358. The molecule has 3 aromatic carbocycles. The van der Waals surface area contributed by atoms with Crippen LogP contribution in [0.2, 0.25) is 5.02 Å². The Morgan fingerprint density at radius 2 is 1.70 bits per heavy atom. The van der Waals surface area contributed by atoms with Crippen molar-refractivity contribution in [1.82, 2.24) is 15.0 Å². The van der Waals surface area contributed by atoms with Crippen molar-refractivity contribution >= 4 is 51.6 Å². The molecule has 2 N–H and O–H groups in total. The zero-order chi connectivity index (χ0) is 31.7. The second kappa shape index (κ2) is 14.8. The Morgan fingerprint density at radius 3 is 2.40 bits per heavy atom. The summed E-state index contributed by atoms with van der Waals surface area (Å²) < 4.78 is 7.14. The maximum absolute atomic E-state index is 13.6. The van der Waals surface area contributed by atoms with Gasteiger partial charge >= 0.3 is 0 Å². The maximum Gasteiger partial charge on any atom is 0.257 e. The molecule has 0 fully saturated rings. The Hall–Kier alpha value is -4.24. The van der Waals surface area contributed by atoms with Gasteiger partial charge in [0.05, 0.1) is 22.8 Å². The lowest BCUT2D eigenvalue weighted by atomic mass is 9.86. The number of nitrogens with one attached hydrogen (secondary N) is 2. The molecular formula is C33H40ClN5O4. The van der Waals surface area contributed by atoms with Gasteiger partial charge in [0, 0.05) is 17.5 Å². The monoisotopic (exact) mass is 605 g/mol. The first kappa shape index (κ1) is 33.3. The normalized spacial score (nSPS) is 11.7. The van der Waals surface area contributed by atoms with Crippen LogP contribution in [-0.4, -0.2) is 39.2 Å². The van der Waals surface area contributed by atoms with Crippen molar-refractivity contribution in [2.45, 2.75) is 67.3 Å². The summed E-state index contributed by atoms with van der Waals surface area (Å²) in [4.78, 5) is 39.6. The topological polar surface area (TPSA) is 115 Å². The number of ketones is 1. The minimum Gasteiger partial charge on any atom is -0.493 e. The van der Waals surface area contributed by atoms with Gasteiger partial charge in [-0.05, 0) is 62.2 Å². The van der Waals surface area contributed by atoms with Gasteiger partial charge in [0.15, 0.2) is 11.8 Å². The van der Waals surface area contributed by atoms with E-state index in [-0.39, 0.29) is 28.8 Å². The van der Waals surface area contributed by atoms with Gasteiger partial charge in [-0.3, -0.25) is 14.4 Å². The maximum atomic E-state index is 13.6. The van der Waals surface area contributed by atoms with Crippen LogP contribution < -0.4 is 15.4 Å². The minimum atomic E-state index is -1.28. The molecule has 43 heavy (non-hydrogen) atoms. The number of hydrogen-bond donors (Lipinski definition) is 2. The van der Waals surface area contributed by atoms with Crippen molar-refractivity contribution in [3.05, 3.63) is 76.8 Å². The van der Waals surface area contributed by atoms with Gasteiger partial charge in [-0.2, -0.15) is 0 Å². The molecule has 0 aliphatic heterocycles. The van der Waals surface area contributed by atoms with Gasteiger partial charge in [-0.15, -0.1) is 5.10 Å². The second-order valence-electron chi connectivity index (χ2n) is 11.0. The number of para-hydroxylation sites is 1. The molecule has 0 saturated carbocycles. The average molecular weight is 606 g/mol. The van der Waals surface area contributed by atoms with Gasteiger partial charge < -0.3 is 15.4 Å². The molecule has 4 aromatic rings. The Kier molecular flexibility index (Phi) is 11.4. The lowest BCUT2D eigenvalue weighted by Gasteiger charge is -2.24. The van der Waals surface area contributed by atoms with Crippen molar-refractivity contribution in [2.24, 2.45) is 5.41 Å². The van der Waals surface area contributed by atoms with Crippen LogP contribution >= 0.6 is 11.6 Å². The lowest BCUT2D eigenvalue weighted by Crippen LogP contribution is -2.39. The smallest absolute Gasteiger partial charge is 0.257 e. The van der Waals surface area contributed by atoms with Gasteiger partial charge in [0.25, 0.3) is 5.91 Å². The average Bonchev–Trinajstić information content (AvgIpc) is 3.38. The van der Waals surface area contributed by atoms with Gasteiger partial charge in [0.2, 0.25) is 5.91 Å². The van der Waals surface area contributed by atoms with Crippen molar-refractivity contribution in [1.29, 1.82) is 0 Å². The lowest BCUT2D eigenvalue weighted by molar-refractivity contribution is -0.135. The molecule has 1 atom stereocenters. The molecule has 1 aromatic heterocycles. The zero-order valence-corrected chi connectivity index (χ0v) is 26.6. The van der Waals surface area contributed by atoms with E-state index in [9.17, 15) is 14.4 Å². The Labute approximate surface area is 258 Å². The second-order valence-corrected chi connectivity index (χ2v) is 11.4. The van der Waals surface area contributed by atoms with Gasteiger partial charge in [-0.25, -0.2) is 4.68 Å². The summed E-state index contributed by atoms with van der Waals surface area (Å²) in [5, 5.41) is 14.1. The number of Topliss-reactive ketones (excluding diaryl/α,β-unsaturated/α-hetero) is 1. The van der Waals surface area contributed by atoms with E-state index >= 15 is 0 Å². The number of aryl methyl sites for hydroxylation is 2. The quantitative estimate of drug-likeness (QED) is 0.145. The zero-order valence-electron chi connectivity index (χ0n) is 25.8. The molecule has 0 bridgehead atoms. The largest absolute Gasteiger partial charge is 0.493 e. The van der Waals surface area contributed by atoms with Crippen molar-refractivity contribution in [3.63, 3.8) is 0 Å². The predicted molar refractivity (Wildman–Crippen MR) is 172 cm³/mol. The number of nitrogens with zero attached hydrogens (tertiary/aromatic N) is 3. The van der Waals surface area contributed by atoms with Crippen LogP contribution in [-0.2, 0) is 14.4 Å². The fourth-order valence-corrected chi connectivity index (χ4v) is 4.49. The molecule has 4 rings (SSSR count). The first-order chi connectivity index (χ1) is 20.4. The molecule has 2 amide bonds. The molecule has 0 aliphatic carbocycles. The molecule has 10 heteroatoms. The van der Waals surface area contributed by atoms with Crippen LogP contribution in [0.15, 0.2) is 60.7 Å². The highest BCUT2D eigenvalue weighted by atomic mass is 35.5. The molecule has 0 saturated heterocycles. The van der Waals surface area contributed by atoms with Crippen LogP contribution in [0.25, 0.3) is 11.0 Å². The Morgan fingerprint density at radius 1 is 0.977 bits per heavy atom. The van der Waals surface area contributed by atoms with E-state index in [1.54, 1.807) is 63.2 Å². The van der Waals surface area contributed by atoms with Crippen LogP contribution in [0.4, 0.5) is 11.4 Å². The van der Waals surface area contributed by atoms with Crippen LogP contribution in [0.3, 0.4) is 0 Å². The fraction of sp³-hybridized carbons (Fsp3) is 0.364. The van der Waals surface area contributed by atoms with Crippen LogP contribution in [0.5, 0.6) is 5.75 Å². The number of hydrogen-bond acceptors (Lipinski definition) is 6. The van der Waals surface area contributed by atoms with Gasteiger partial charge in [-0.1, -0.05) is 81.3 Å². The van der Waals surface area contributed by atoms with E-state index in [4.69, 9.17) is 16.3 Å². The van der Waals surface area contributed by atoms with E-state index in [1.807, 2.05) is 45.9 Å². The Bertz CT molecular complexity index is 1590. The first-order valence-corrected chi connectivity index (χ1v) is 14.8. The standard InChI is InChI=1S/C31H34ClN5O4.C2H6/c1-19-12-15-26(20(2)17-19)41-16-8-11-27(38)33-21-13-14-22(32)24(18-21)34-30(40)28(29(39)31(3,4)5)37-25-10-7-6-9-23(25)35-36-37;1-2/h6-7,9-10,12-15,17-18,28H,8,11,16H2,1-5H3,(H,33,38)(H,34,40);1-2H3. The molecule has 0 aliphatic rings. The number of anilines is 2. The highest BCUT2D eigenvalue weighted by molar-refractivity contribution is 6.34. The number of rotatable bonds is 10. The summed E-state index contributed by atoms with van der Waals surface area (Å²) in [6, 6.07) is 16.6. The third kappa shape index (κ3) is 8.64. The van der Waals surface area contributed by atoms with E-state index in [0.29, 0.717) is 29.7 Å². The molecule has 9 nitrogen and oxygen atoms in total. The summed E-state index contributed by atoms with van der Waals surface area (Å²) >= 11 is 6.39. The number of aromatic nitrogens is 3. The number of benzene rings is 3. The number of ether oxygens (including phenoxy) is 1. The van der Waals surface area contributed by atoms with Crippen molar-refractivity contribution in [3.8, 4) is 5.75 Å². The third-order valence-electron chi connectivity index (χ3n) is 6.50. The highest BCUT2D eigenvalue weighted by Crippen LogP contribution is 2.30. The first-order valence-electron chi connectivity index (χ1n) is 14.4. The molecule has 1 heterocycles. The molecule has 1 unspecified atom stereocenters. The number of amides is 2. The van der Waals surface area contributed by atoms with E-state index in [0.717, 1.165) is 16.9 Å². The molecule has 0 radical (unpaired) electrons. The van der Waals surface area contributed by atoms with Crippen molar-refractivity contribution in [2.75, 3.05) is 17.2 Å². The number of carbonyl (C=O) groups is 3. The van der Waals surface area contributed by atoms with E-state index < -0.39 is 17.4 Å². The minimum absolute atomic E-state index is 0.205. The molecular weight excluding hydrogens is 566 g/mol. The molecule has 0 spiro atoms. The fourth-order valence-electron chi connectivity index (χ4n) is 4.33. The predicted octanol–water partition coefficient (Wildman–Crippen LogP) is 7.32. The molecule has 228 valence electrons.